The summed E-state index contributed by atoms with van der Waals surface area (Å²) in [6.07, 6.45) is 3.75. The molecule has 18 heavy (non-hydrogen) atoms. The average Bonchev–Trinajstić information content (AvgIpc) is 2.82. The number of rotatable bonds is 4. The fourth-order valence-electron chi connectivity index (χ4n) is 1.98. The Morgan fingerprint density at radius 2 is 2.28 bits per heavy atom. The van der Waals surface area contributed by atoms with Crippen molar-refractivity contribution < 1.29 is 9.53 Å². The minimum Gasteiger partial charge on any atom is -0.378 e. The van der Waals surface area contributed by atoms with Gasteiger partial charge < -0.3 is 15.0 Å². The van der Waals surface area contributed by atoms with E-state index in [1.165, 1.54) is 0 Å². The van der Waals surface area contributed by atoms with Gasteiger partial charge in [-0.3, -0.25) is 9.48 Å². The van der Waals surface area contributed by atoms with Crippen LogP contribution in [0.1, 0.15) is 12.5 Å². The van der Waals surface area contributed by atoms with Crippen LogP contribution < -0.4 is 5.32 Å². The number of carbonyl (C=O) groups excluding carboxylic acids is 1. The summed E-state index contributed by atoms with van der Waals surface area (Å²) in [7, 11) is 1.88. The summed E-state index contributed by atoms with van der Waals surface area (Å²) >= 11 is 0. The highest BCUT2D eigenvalue weighted by molar-refractivity contribution is 5.81. The van der Waals surface area contributed by atoms with Crippen molar-refractivity contribution in [1.82, 2.24) is 20.0 Å². The number of aromatic nitrogens is 2. The fraction of sp³-hybridized carbons (Fsp3) is 0.667. The second-order valence-corrected chi connectivity index (χ2v) is 4.56. The lowest BCUT2D eigenvalue weighted by molar-refractivity contribution is -0.137. The van der Waals surface area contributed by atoms with Gasteiger partial charge in [0.15, 0.2) is 0 Å². The van der Waals surface area contributed by atoms with Gasteiger partial charge in [0.25, 0.3) is 0 Å². The summed E-state index contributed by atoms with van der Waals surface area (Å²) in [5.41, 5.74) is 1.08. The summed E-state index contributed by atoms with van der Waals surface area (Å²) in [5.74, 6) is 0.141. The standard InChI is InChI=1S/C12H20N4O2/c1-10(12(17)16-3-5-18-6-4-16)13-7-11-8-14-15(2)9-11/h8-10,13H,3-7H2,1-2H3. The maximum Gasteiger partial charge on any atom is 0.239 e. The number of aryl methyl sites for hydroxylation is 1. The summed E-state index contributed by atoms with van der Waals surface area (Å²) in [4.78, 5) is 14.0. The van der Waals surface area contributed by atoms with Gasteiger partial charge in [-0.05, 0) is 6.92 Å². The van der Waals surface area contributed by atoms with Gasteiger partial charge >= 0.3 is 0 Å². The highest BCUT2D eigenvalue weighted by Crippen LogP contribution is 2.02. The summed E-state index contributed by atoms with van der Waals surface area (Å²) in [6.45, 7) is 5.22. The van der Waals surface area contributed by atoms with Crippen molar-refractivity contribution >= 4 is 5.91 Å². The molecule has 1 aromatic rings. The van der Waals surface area contributed by atoms with E-state index in [-0.39, 0.29) is 11.9 Å². The van der Waals surface area contributed by atoms with Crippen molar-refractivity contribution in [2.75, 3.05) is 26.3 Å². The van der Waals surface area contributed by atoms with E-state index in [0.717, 1.165) is 5.56 Å². The van der Waals surface area contributed by atoms with Gasteiger partial charge in [0.1, 0.15) is 0 Å². The number of carbonyl (C=O) groups is 1. The van der Waals surface area contributed by atoms with Crippen LogP contribution in [0, 0.1) is 0 Å². The third kappa shape index (κ3) is 3.30. The van der Waals surface area contributed by atoms with Crippen LogP contribution in [0.3, 0.4) is 0 Å². The van der Waals surface area contributed by atoms with Crippen LogP contribution in [0.2, 0.25) is 0 Å². The first-order valence-electron chi connectivity index (χ1n) is 6.24. The van der Waals surface area contributed by atoms with Gasteiger partial charge in [-0.25, -0.2) is 0 Å². The van der Waals surface area contributed by atoms with Crippen LogP contribution >= 0.6 is 0 Å². The zero-order valence-corrected chi connectivity index (χ0v) is 10.9. The Morgan fingerprint density at radius 1 is 1.56 bits per heavy atom. The Labute approximate surface area is 107 Å². The van der Waals surface area contributed by atoms with E-state index in [9.17, 15) is 4.79 Å². The largest absolute Gasteiger partial charge is 0.378 e. The summed E-state index contributed by atoms with van der Waals surface area (Å²) in [6, 6.07) is -0.177. The van der Waals surface area contributed by atoms with E-state index in [0.29, 0.717) is 32.8 Å². The average molecular weight is 252 g/mol. The van der Waals surface area contributed by atoms with Gasteiger partial charge in [0, 0.05) is 38.4 Å². The highest BCUT2D eigenvalue weighted by atomic mass is 16.5. The Kier molecular flexibility index (Phi) is 4.33. The molecule has 100 valence electrons. The van der Waals surface area contributed by atoms with E-state index in [1.807, 2.05) is 25.1 Å². The van der Waals surface area contributed by atoms with Crippen LogP contribution in [-0.2, 0) is 23.1 Å². The van der Waals surface area contributed by atoms with Crippen molar-refractivity contribution in [3.05, 3.63) is 18.0 Å². The van der Waals surface area contributed by atoms with E-state index in [1.54, 1.807) is 10.9 Å². The predicted octanol–water partition coefficient (Wildman–Crippen LogP) is -0.243. The van der Waals surface area contributed by atoms with Crippen LogP contribution in [0.4, 0.5) is 0 Å². The molecule has 1 unspecified atom stereocenters. The first kappa shape index (κ1) is 13.0. The SMILES string of the molecule is CC(NCc1cnn(C)c1)C(=O)N1CCOCC1. The van der Waals surface area contributed by atoms with E-state index >= 15 is 0 Å². The summed E-state index contributed by atoms with van der Waals surface area (Å²) in [5, 5.41) is 7.32. The van der Waals surface area contributed by atoms with Crippen molar-refractivity contribution in [3.8, 4) is 0 Å². The predicted molar refractivity (Wildman–Crippen MR) is 66.9 cm³/mol. The second kappa shape index (κ2) is 5.97. The van der Waals surface area contributed by atoms with Crippen LogP contribution in [-0.4, -0.2) is 52.9 Å². The fourth-order valence-corrected chi connectivity index (χ4v) is 1.98. The number of ether oxygens (including phenoxy) is 1. The maximum atomic E-state index is 12.1. The molecule has 1 fully saturated rings. The molecule has 1 aliphatic rings. The molecule has 1 aliphatic heterocycles. The maximum absolute atomic E-state index is 12.1. The molecule has 6 heteroatoms. The van der Waals surface area contributed by atoms with Crippen LogP contribution in [0.5, 0.6) is 0 Å². The van der Waals surface area contributed by atoms with Crippen LogP contribution in [0.15, 0.2) is 12.4 Å². The quantitative estimate of drug-likeness (QED) is 0.803. The molecular weight excluding hydrogens is 232 g/mol. The lowest BCUT2D eigenvalue weighted by Gasteiger charge is -2.29. The molecule has 0 aliphatic carbocycles. The minimum absolute atomic E-state index is 0.141. The Balaban J connectivity index is 1.79. The normalized spacial score (nSPS) is 17.8. The molecular formula is C12H20N4O2. The van der Waals surface area contributed by atoms with Crippen molar-refractivity contribution in [2.24, 2.45) is 7.05 Å². The van der Waals surface area contributed by atoms with Crippen LogP contribution in [0.25, 0.3) is 0 Å². The molecule has 1 atom stereocenters. The van der Waals surface area contributed by atoms with Gasteiger partial charge in [-0.2, -0.15) is 5.10 Å². The molecule has 2 heterocycles. The highest BCUT2D eigenvalue weighted by Gasteiger charge is 2.21. The molecule has 0 saturated carbocycles. The number of morpholine rings is 1. The number of hydrogen-bond acceptors (Lipinski definition) is 4. The molecule has 6 nitrogen and oxygen atoms in total. The van der Waals surface area contributed by atoms with E-state index in [2.05, 4.69) is 10.4 Å². The third-order valence-electron chi connectivity index (χ3n) is 3.06. The molecule has 0 spiro atoms. The molecule has 2 rings (SSSR count). The molecule has 1 amide bonds. The molecule has 0 aromatic carbocycles. The second-order valence-electron chi connectivity index (χ2n) is 4.56. The Morgan fingerprint density at radius 3 is 2.89 bits per heavy atom. The third-order valence-corrected chi connectivity index (χ3v) is 3.06. The van der Waals surface area contributed by atoms with Crippen molar-refractivity contribution in [1.29, 1.82) is 0 Å². The first-order chi connectivity index (χ1) is 8.66. The molecule has 1 aromatic heterocycles. The number of nitrogens with one attached hydrogen (secondary N) is 1. The zero-order valence-electron chi connectivity index (χ0n) is 10.9. The molecule has 1 saturated heterocycles. The van der Waals surface area contributed by atoms with Gasteiger partial charge in [-0.1, -0.05) is 0 Å². The molecule has 0 bridgehead atoms. The number of nitrogens with zero attached hydrogens (tertiary/aromatic N) is 3. The lowest BCUT2D eigenvalue weighted by Crippen LogP contribution is -2.49. The number of hydrogen-bond donors (Lipinski definition) is 1. The van der Waals surface area contributed by atoms with E-state index < -0.39 is 0 Å². The van der Waals surface area contributed by atoms with Crippen molar-refractivity contribution in [3.63, 3.8) is 0 Å². The first-order valence-corrected chi connectivity index (χ1v) is 6.24. The van der Waals surface area contributed by atoms with Gasteiger partial charge in [-0.15, -0.1) is 0 Å². The Bertz CT molecular complexity index is 399. The lowest BCUT2D eigenvalue weighted by atomic mass is 10.2. The monoisotopic (exact) mass is 252 g/mol. The number of amides is 1. The minimum atomic E-state index is -0.177. The Hall–Kier alpha value is -1.40. The molecule has 0 radical (unpaired) electrons. The zero-order chi connectivity index (χ0) is 13.0. The summed E-state index contributed by atoms with van der Waals surface area (Å²) < 4.78 is 6.99. The molecule has 1 N–H and O–H groups in total. The van der Waals surface area contributed by atoms with E-state index in [4.69, 9.17) is 4.74 Å². The topological polar surface area (TPSA) is 59.4 Å². The smallest absolute Gasteiger partial charge is 0.239 e. The van der Waals surface area contributed by atoms with Crippen molar-refractivity contribution in [2.45, 2.75) is 19.5 Å². The van der Waals surface area contributed by atoms with Gasteiger partial charge in [0.2, 0.25) is 5.91 Å². The van der Waals surface area contributed by atoms with Gasteiger partial charge in [0.05, 0.1) is 25.5 Å².